The second-order valence-electron chi connectivity index (χ2n) is 5.18. The number of rotatable bonds is 5. The molecule has 2 nitrogen and oxygen atoms in total. The second-order valence-corrected chi connectivity index (χ2v) is 5.56. The summed E-state index contributed by atoms with van der Waals surface area (Å²) in [4.78, 5) is 13.9. The maximum atomic E-state index is 11.8. The lowest BCUT2D eigenvalue weighted by molar-refractivity contribution is -0.130. The van der Waals surface area contributed by atoms with Crippen LogP contribution in [0.1, 0.15) is 46.0 Å². The fourth-order valence-electron chi connectivity index (χ4n) is 2.12. The Morgan fingerprint density at radius 3 is 2.88 bits per heavy atom. The van der Waals surface area contributed by atoms with Gasteiger partial charge in [0.25, 0.3) is 0 Å². The van der Waals surface area contributed by atoms with Crippen molar-refractivity contribution in [1.82, 2.24) is 4.90 Å². The van der Waals surface area contributed by atoms with E-state index in [0.717, 1.165) is 51.1 Å². The van der Waals surface area contributed by atoms with E-state index in [9.17, 15) is 4.79 Å². The van der Waals surface area contributed by atoms with Crippen LogP contribution >= 0.6 is 11.6 Å². The molecule has 0 radical (unpaired) electrons. The molecule has 0 bridgehead atoms. The first kappa shape index (κ1) is 13.8. The minimum Gasteiger partial charge on any atom is -0.343 e. The van der Waals surface area contributed by atoms with Crippen molar-refractivity contribution in [3.8, 4) is 0 Å². The van der Waals surface area contributed by atoms with Crippen molar-refractivity contribution in [3.63, 3.8) is 0 Å². The monoisotopic (exact) mass is 245 g/mol. The number of alkyl halides is 1. The molecule has 16 heavy (non-hydrogen) atoms. The molecule has 1 aliphatic rings. The SMILES string of the molecule is CC(CCCl)CCN1CCC(C)CCC1=O. The van der Waals surface area contributed by atoms with Crippen molar-refractivity contribution in [2.75, 3.05) is 19.0 Å². The van der Waals surface area contributed by atoms with E-state index in [2.05, 4.69) is 13.8 Å². The molecule has 2 unspecified atom stereocenters. The van der Waals surface area contributed by atoms with Gasteiger partial charge in [0.15, 0.2) is 0 Å². The van der Waals surface area contributed by atoms with Crippen LogP contribution in [0.25, 0.3) is 0 Å². The van der Waals surface area contributed by atoms with Crippen LogP contribution in [0.5, 0.6) is 0 Å². The summed E-state index contributed by atoms with van der Waals surface area (Å²) < 4.78 is 0. The van der Waals surface area contributed by atoms with Gasteiger partial charge < -0.3 is 4.90 Å². The van der Waals surface area contributed by atoms with Gasteiger partial charge in [-0.25, -0.2) is 0 Å². The standard InChI is InChI=1S/C13H24ClNO/c1-11-3-4-13(16)15(9-6-11)10-7-12(2)5-8-14/h11-12H,3-10H2,1-2H3. The molecule has 0 saturated carbocycles. The van der Waals surface area contributed by atoms with E-state index in [1.165, 1.54) is 0 Å². The molecular weight excluding hydrogens is 222 g/mol. The zero-order valence-electron chi connectivity index (χ0n) is 10.5. The number of likely N-dealkylation sites (tertiary alicyclic amines) is 1. The minimum absolute atomic E-state index is 0.349. The van der Waals surface area contributed by atoms with Crippen LogP contribution in [0.2, 0.25) is 0 Å². The maximum Gasteiger partial charge on any atom is 0.222 e. The molecule has 0 aromatic carbocycles. The average Bonchev–Trinajstić information content (AvgIpc) is 2.40. The largest absolute Gasteiger partial charge is 0.343 e. The topological polar surface area (TPSA) is 20.3 Å². The van der Waals surface area contributed by atoms with Gasteiger partial charge in [-0.1, -0.05) is 13.8 Å². The van der Waals surface area contributed by atoms with Crippen LogP contribution in [-0.2, 0) is 4.79 Å². The third kappa shape index (κ3) is 4.73. The Morgan fingerprint density at radius 1 is 1.44 bits per heavy atom. The van der Waals surface area contributed by atoms with Crippen LogP contribution in [-0.4, -0.2) is 29.8 Å². The molecule has 1 fully saturated rings. The Labute approximate surface area is 104 Å². The smallest absolute Gasteiger partial charge is 0.222 e. The second kappa shape index (κ2) is 7.16. The molecule has 3 heteroatoms. The lowest BCUT2D eigenvalue weighted by Gasteiger charge is -2.22. The molecule has 94 valence electrons. The Bertz CT molecular complexity index is 220. The molecular formula is C13H24ClNO. The number of halogens is 1. The van der Waals surface area contributed by atoms with Crippen LogP contribution in [0.4, 0.5) is 0 Å². The van der Waals surface area contributed by atoms with Crippen molar-refractivity contribution >= 4 is 17.5 Å². The molecule has 1 rings (SSSR count). The molecule has 1 heterocycles. The highest BCUT2D eigenvalue weighted by atomic mass is 35.5. The molecule has 1 amide bonds. The third-order valence-electron chi connectivity index (χ3n) is 3.59. The highest BCUT2D eigenvalue weighted by Crippen LogP contribution is 2.18. The Morgan fingerprint density at radius 2 is 2.19 bits per heavy atom. The number of carbonyl (C=O) groups excluding carboxylic acids is 1. The fraction of sp³-hybridized carbons (Fsp3) is 0.923. The first-order chi connectivity index (χ1) is 7.63. The molecule has 0 aliphatic carbocycles. The van der Waals surface area contributed by atoms with Crippen LogP contribution in [0, 0.1) is 11.8 Å². The number of amides is 1. The Balaban J connectivity index is 2.31. The van der Waals surface area contributed by atoms with Crippen molar-refractivity contribution in [2.24, 2.45) is 11.8 Å². The average molecular weight is 246 g/mol. The van der Waals surface area contributed by atoms with E-state index >= 15 is 0 Å². The first-order valence-corrected chi connectivity index (χ1v) is 7.00. The highest BCUT2D eigenvalue weighted by molar-refractivity contribution is 6.17. The van der Waals surface area contributed by atoms with Gasteiger partial charge in [0.05, 0.1) is 0 Å². The molecule has 0 spiro atoms. The van der Waals surface area contributed by atoms with Gasteiger partial charge in [-0.05, 0) is 37.5 Å². The third-order valence-corrected chi connectivity index (χ3v) is 3.81. The van der Waals surface area contributed by atoms with Crippen LogP contribution in [0.3, 0.4) is 0 Å². The first-order valence-electron chi connectivity index (χ1n) is 6.47. The Kier molecular flexibility index (Phi) is 6.18. The number of hydrogen-bond donors (Lipinski definition) is 0. The van der Waals surface area contributed by atoms with Crippen LogP contribution < -0.4 is 0 Å². The lowest BCUT2D eigenvalue weighted by Crippen LogP contribution is -2.32. The Hall–Kier alpha value is -0.240. The molecule has 0 N–H and O–H groups in total. The quantitative estimate of drug-likeness (QED) is 0.681. The highest BCUT2D eigenvalue weighted by Gasteiger charge is 2.20. The molecule has 0 aromatic rings. The summed E-state index contributed by atoms with van der Waals surface area (Å²) in [6.45, 7) is 6.33. The van der Waals surface area contributed by atoms with Gasteiger partial charge in [0.2, 0.25) is 5.91 Å². The van der Waals surface area contributed by atoms with Crippen molar-refractivity contribution in [1.29, 1.82) is 0 Å². The summed E-state index contributed by atoms with van der Waals surface area (Å²) in [5.74, 6) is 2.41. The summed E-state index contributed by atoms with van der Waals surface area (Å²) in [5, 5.41) is 0. The minimum atomic E-state index is 0.349. The van der Waals surface area contributed by atoms with E-state index in [1.54, 1.807) is 0 Å². The summed E-state index contributed by atoms with van der Waals surface area (Å²) >= 11 is 5.71. The fourth-order valence-corrected chi connectivity index (χ4v) is 2.49. The van der Waals surface area contributed by atoms with E-state index in [4.69, 9.17) is 11.6 Å². The summed E-state index contributed by atoms with van der Waals surface area (Å²) in [7, 11) is 0. The van der Waals surface area contributed by atoms with E-state index in [1.807, 2.05) is 4.90 Å². The van der Waals surface area contributed by atoms with Gasteiger partial charge in [-0.15, -0.1) is 11.6 Å². The molecule has 0 aromatic heterocycles. The van der Waals surface area contributed by atoms with Gasteiger partial charge >= 0.3 is 0 Å². The van der Waals surface area contributed by atoms with Crippen molar-refractivity contribution in [3.05, 3.63) is 0 Å². The summed E-state index contributed by atoms with van der Waals surface area (Å²) in [5.41, 5.74) is 0. The lowest BCUT2D eigenvalue weighted by atomic mass is 10.0. The zero-order valence-corrected chi connectivity index (χ0v) is 11.3. The number of hydrogen-bond acceptors (Lipinski definition) is 1. The molecule has 1 aliphatic heterocycles. The molecule has 1 saturated heterocycles. The van der Waals surface area contributed by atoms with Gasteiger partial charge in [-0.3, -0.25) is 4.79 Å². The van der Waals surface area contributed by atoms with Crippen molar-refractivity contribution < 1.29 is 4.79 Å². The van der Waals surface area contributed by atoms with Crippen LogP contribution in [0.15, 0.2) is 0 Å². The number of carbonyl (C=O) groups is 1. The summed E-state index contributed by atoms with van der Waals surface area (Å²) in [6, 6.07) is 0. The zero-order chi connectivity index (χ0) is 12.0. The van der Waals surface area contributed by atoms with Gasteiger partial charge in [-0.2, -0.15) is 0 Å². The normalized spacial score (nSPS) is 24.3. The van der Waals surface area contributed by atoms with Gasteiger partial charge in [0.1, 0.15) is 0 Å². The van der Waals surface area contributed by atoms with E-state index < -0.39 is 0 Å². The van der Waals surface area contributed by atoms with E-state index in [0.29, 0.717) is 17.7 Å². The van der Waals surface area contributed by atoms with Gasteiger partial charge in [0, 0.05) is 25.4 Å². The van der Waals surface area contributed by atoms with E-state index in [-0.39, 0.29) is 0 Å². The number of nitrogens with zero attached hydrogens (tertiary/aromatic N) is 1. The predicted molar refractivity (Wildman–Crippen MR) is 68.7 cm³/mol. The van der Waals surface area contributed by atoms with Crippen molar-refractivity contribution in [2.45, 2.75) is 46.0 Å². The predicted octanol–water partition coefficient (Wildman–Crippen LogP) is 3.29. The summed E-state index contributed by atoms with van der Waals surface area (Å²) in [6.07, 6.45) is 5.11. The maximum absolute atomic E-state index is 11.8. The molecule has 2 atom stereocenters.